The van der Waals surface area contributed by atoms with E-state index in [9.17, 15) is 0 Å². The van der Waals surface area contributed by atoms with Gasteiger partial charge in [0.15, 0.2) is 0 Å². The van der Waals surface area contributed by atoms with Crippen LogP contribution < -0.4 is 9.41 Å². The van der Waals surface area contributed by atoms with Crippen molar-refractivity contribution in [3.63, 3.8) is 0 Å². The molecular formula is C24H28F2SiZr. The first-order chi connectivity index (χ1) is 12.2. The number of benzene rings is 2. The Kier molecular flexibility index (Phi) is 16.0. The second-order valence-corrected chi connectivity index (χ2v) is 7.19. The summed E-state index contributed by atoms with van der Waals surface area (Å²) < 4.78 is 0. The Morgan fingerprint density at radius 1 is 0.679 bits per heavy atom. The van der Waals surface area contributed by atoms with Crippen molar-refractivity contribution >= 4 is 31.1 Å². The summed E-state index contributed by atoms with van der Waals surface area (Å²) >= 11 is 0. The van der Waals surface area contributed by atoms with Gasteiger partial charge in [0.1, 0.15) is 0 Å². The number of rotatable bonds is 2. The number of hydrogen-bond donors (Lipinski definition) is 0. The molecule has 2 radical (unpaired) electrons. The van der Waals surface area contributed by atoms with Crippen LogP contribution in [0.5, 0.6) is 0 Å². The Labute approximate surface area is 189 Å². The van der Waals surface area contributed by atoms with Crippen LogP contribution in [0, 0.1) is 0 Å². The van der Waals surface area contributed by atoms with Gasteiger partial charge in [0.05, 0.1) is 0 Å². The third kappa shape index (κ3) is 8.32. The van der Waals surface area contributed by atoms with Crippen LogP contribution in [-0.4, -0.2) is 9.52 Å². The van der Waals surface area contributed by atoms with Gasteiger partial charge in [-0.05, 0) is 12.8 Å². The zero-order valence-electron chi connectivity index (χ0n) is 17.1. The van der Waals surface area contributed by atoms with Crippen molar-refractivity contribution in [3.05, 3.63) is 83.9 Å². The summed E-state index contributed by atoms with van der Waals surface area (Å²) in [6, 6.07) is 26.0. The van der Waals surface area contributed by atoms with E-state index in [1.54, 1.807) is 0 Å². The molecule has 0 spiro atoms. The normalized spacial score (nSPS) is 9.00. The summed E-state index contributed by atoms with van der Waals surface area (Å²) in [5.41, 5.74) is 2.87. The van der Waals surface area contributed by atoms with E-state index >= 15 is 0 Å². The first kappa shape index (κ1) is 28.8. The molecule has 146 valence electrons. The third-order valence-electron chi connectivity index (χ3n) is 4.17. The third-order valence-corrected chi connectivity index (χ3v) is 4.17. The Morgan fingerprint density at radius 2 is 1.00 bits per heavy atom. The van der Waals surface area contributed by atoms with Gasteiger partial charge < -0.3 is 9.41 Å². The molecule has 0 aliphatic rings. The number of aryl methyl sites for hydroxylation is 2. The molecule has 0 heterocycles. The van der Waals surface area contributed by atoms with E-state index in [0.717, 1.165) is 22.4 Å². The molecule has 4 aromatic rings. The number of fused-ring (bicyclic) bond motifs is 2. The Bertz CT molecular complexity index is 756. The molecule has 4 rings (SSSR count). The molecule has 0 unspecified atom stereocenters. The second kappa shape index (κ2) is 15.5. The molecule has 0 atom stereocenters. The van der Waals surface area contributed by atoms with Crippen molar-refractivity contribution in [2.75, 3.05) is 0 Å². The molecule has 0 amide bonds. The van der Waals surface area contributed by atoms with E-state index in [1.165, 1.54) is 32.7 Å². The van der Waals surface area contributed by atoms with Crippen LogP contribution in [-0.2, 0) is 39.0 Å². The van der Waals surface area contributed by atoms with E-state index in [1.807, 2.05) is 0 Å². The molecule has 0 aromatic heterocycles. The van der Waals surface area contributed by atoms with E-state index in [4.69, 9.17) is 0 Å². The number of hydrogen-bond acceptors (Lipinski definition) is 0. The van der Waals surface area contributed by atoms with Crippen LogP contribution >= 0.6 is 0 Å². The predicted octanol–water partition coefficient (Wildman–Crippen LogP) is 1.03. The maximum absolute atomic E-state index is 2.26. The molecule has 0 aliphatic carbocycles. The van der Waals surface area contributed by atoms with E-state index in [0.29, 0.717) is 0 Å². The minimum atomic E-state index is 0. The van der Waals surface area contributed by atoms with Gasteiger partial charge in [-0.2, -0.15) is 12.1 Å². The second-order valence-electron chi connectivity index (χ2n) is 6.19. The van der Waals surface area contributed by atoms with E-state index in [2.05, 4.69) is 99.7 Å². The van der Waals surface area contributed by atoms with E-state index < -0.39 is 0 Å². The fourth-order valence-corrected chi connectivity index (χ4v) is 2.84. The van der Waals surface area contributed by atoms with Crippen LogP contribution in [0.2, 0.25) is 13.1 Å². The largest absolute Gasteiger partial charge is 4.00 e. The molecule has 0 bridgehead atoms. The van der Waals surface area contributed by atoms with Crippen LogP contribution in [0.3, 0.4) is 0 Å². The molecule has 0 N–H and O–H groups in total. The molecule has 4 aromatic carbocycles. The van der Waals surface area contributed by atoms with Gasteiger partial charge in [-0.25, -0.2) is 0 Å². The van der Waals surface area contributed by atoms with Crippen LogP contribution in [0.15, 0.2) is 72.8 Å². The minimum Gasteiger partial charge on any atom is -1.00 e. The van der Waals surface area contributed by atoms with Gasteiger partial charge in [0, 0.05) is 9.52 Å². The molecule has 0 aliphatic heterocycles. The van der Waals surface area contributed by atoms with Gasteiger partial charge in [-0.1, -0.05) is 39.1 Å². The quantitative estimate of drug-likeness (QED) is 0.301. The molecule has 0 fully saturated rings. The van der Waals surface area contributed by atoms with Crippen molar-refractivity contribution in [3.8, 4) is 0 Å². The predicted molar refractivity (Wildman–Crippen MR) is 115 cm³/mol. The smallest absolute Gasteiger partial charge is 1.00 e. The Hall–Kier alpha value is -1.38. The standard InChI is InChI=1S/2C11H11.C2H6Si.2FH.Zr/c2*1-2-9-7-10-5-3-4-6-11(10)8-9;1-3-2;;;/h2*3-8H,2H2,1H3;1-2H3;2*1H;/q2*-1;;;;+4/p-2. The first-order valence-corrected chi connectivity index (χ1v) is 11.1. The fourth-order valence-electron chi connectivity index (χ4n) is 2.84. The fraction of sp³-hybridized carbons (Fsp3) is 0.250. The summed E-state index contributed by atoms with van der Waals surface area (Å²) in [4.78, 5) is 0. The SMILES string of the molecule is CCc1cc2ccccc2[cH-]1.CCc1cc2ccccc2[cH-]1.C[Si]C.[F-].[F-].[Zr+4]. The molecule has 0 saturated carbocycles. The molecule has 0 saturated heterocycles. The van der Waals surface area contributed by atoms with Gasteiger partial charge in [-0.3, -0.25) is 0 Å². The average Bonchev–Trinajstić information content (AvgIpc) is 3.26. The first-order valence-electron chi connectivity index (χ1n) is 9.09. The monoisotopic (exact) mass is 472 g/mol. The van der Waals surface area contributed by atoms with Crippen molar-refractivity contribution in [2.45, 2.75) is 39.8 Å². The van der Waals surface area contributed by atoms with Gasteiger partial charge in [-0.15, -0.1) is 81.2 Å². The Balaban J connectivity index is 0. The summed E-state index contributed by atoms with van der Waals surface area (Å²) in [5, 5.41) is 5.46. The van der Waals surface area contributed by atoms with E-state index in [-0.39, 0.29) is 35.6 Å². The molecule has 0 nitrogen and oxygen atoms in total. The van der Waals surface area contributed by atoms with Crippen LogP contribution in [0.4, 0.5) is 0 Å². The summed E-state index contributed by atoms with van der Waals surface area (Å²) in [6.07, 6.45) is 2.27. The average molecular weight is 474 g/mol. The maximum Gasteiger partial charge on any atom is 4.00 e. The zero-order chi connectivity index (χ0) is 18.1. The minimum absolute atomic E-state index is 0. The summed E-state index contributed by atoms with van der Waals surface area (Å²) in [6.45, 7) is 8.68. The van der Waals surface area contributed by atoms with Crippen molar-refractivity contribution < 1.29 is 35.6 Å². The molecule has 28 heavy (non-hydrogen) atoms. The molecular weight excluding hydrogens is 446 g/mol. The summed E-state index contributed by atoms with van der Waals surface area (Å²) in [5.74, 6) is 0. The van der Waals surface area contributed by atoms with Crippen molar-refractivity contribution in [1.29, 1.82) is 0 Å². The van der Waals surface area contributed by atoms with Crippen LogP contribution in [0.1, 0.15) is 25.0 Å². The van der Waals surface area contributed by atoms with Crippen molar-refractivity contribution in [2.24, 2.45) is 0 Å². The zero-order valence-corrected chi connectivity index (χ0v) is 20.6. The number of halogens is 2. The van der Waals surface area contributed by atoms with Gasteiger partial charge >= 0.3 is 26.2 Å². The van der Waals surface area contributed by atoms with Crippen LogP contribution in [0.25, 0.3) is 21.5 Å². The maximum atomic E-state index is 2.26. The topological polar surface area (TPSA) is 0 Å². The Morgan fingerprint density at radius 3 is 1.29 bits per heavy atom. The van der Waals surface area contributed by atoms with Gasteiger partial charge in [0.2, 0.25) is 0 Å². The van der Waals surface area contributed by atoms with Gasteiger partial charge in [0.25, 0.3) is 0 Å². The molecule has 4 heteroatoms. The summed E-state index contributed by atoms with van der Waals surface area (Å²) in [7, 11) is 1.08. The van der Waals surface area contributed by atoms with Crippen molar-refractivity contribution in [1.82, 2.24) is 0 Å².